The largest absolute Gasteiger partial charge is 0.398 e. The molecule has 0 aliphatic heterocycles. The molecule has 0 unspecified atom stereocenters. The summed E-state index contributed by atoms with van der Waals surface area (Å²) in [5.41, 5.74) is 2.72. The number of allylic oxidation sites excluding steroid dienone is 1. The molecule has 0 spiro atoms. The average molecular weight is 508 g/mol. The van der Waals surface area contributed by atoms with Gasteiger partial charge in [-0.1, -0.05) is 49.4 Å². The summed E-state index contributed by atoms with van der Waals surface area (Å²) in [6.45, 7) is 8.89. The number of rotatable bonds is 11. The number of aryl methyl sites for hydroxylation is 2. The Balaban J connectivity index is 0.000000720. The van der Waals surface area contributed by atoms with Crippen molar-refractivity contribution in [3.05, 3.63) is 41.5 Å². The molecule has 0 fully saturated rings. The molecule has 0 aliphatic carbocycles. The number of hydrogen-bond donors (Lipinski definition) is 2. The lowest BCUT2D eigenvalue weighted by atomic mass is 10.0. The number of para-hydroxylation sites is 1. The fourth-order valence-electron chi connectivity index (χ4n) is 2.77. The number of amides is 4. The van der Waals surface area contributed by atoms with Gasteiger partial charge in [-0.3, -0.25) is 19.8 Å². The third kappa shape index (κ3) is 11.5. The van der Waals surface area contributed by atoms with Crippen molar-refractivity contribution < 1.29 is 24.0 Å². The molecular formula is C24H34ClN5O5. The van der Waals surface area contributed by atoms with Crippen LogP contribution in [0.4, 0.5) is 10.5 Å². The Morgan fingerprint density at radius 3 is 2.29 bits per heavy atom. The van der Waals surface area contributed by atoms with Gasteiger partial charge >= 0.3 is 6.03 Å². The van der Waals surface area contributed by atoms with E-state index in [1.165, 1.54) is 13.2 Å². The molecule has 0 aliphatic rings. The Kier molecular flexibility index (Phi) is 17.1. The van der Waals surface area contributed by atoms with E-state index in [4.69, 9.17) is 21.6 Å². The van der Waals surface area contributed by atoms with Crippen molar-refractivity contribution in [2.45, 2.75) is 40.5 Å². The molecule has 4 amide bonds. The number of nitrogens with one attached hydrogen (secondary N) is 2. The Morgan fingerprint density at radius 2 is 1.83 bits per heavy atom. The van der Waals surface area contributed by atoms with Gasteiger partial charge in [0, 0.05) is 6.54 Å². The number of oxime groups is 1. The molecule has 0 saturated carbocycles. The smallest absolute Gasteiger partial charge is 0.321 e. The second-order valence-electron chi connectivity index (χ2n) is 6.70. The highest BCUT2D eigenvalue weighted by atomic mass is 35.5. The van der Waals surface area contributed by atoms with Crippen LogP contribution >= 0.6 is 11.6 Å². The predicted octanol–water partition coefficient (Wildman–Crippen LogP) is 3.29. The number of ether oxygens (including phenoxy) is 1. The van der Waals surface area contributed by atoms with Crippen molar-refractivity contribution in [2.75, 3.05) is 37.8 Å². The van der Waals surface area contributed by atoms with Crippen molar-refractivity contribution in [3.8, 4) is 6.07 Å². The van der Waals surface area contributed by atoms with E-state index in [1.54, 1.807) is 11.8 Å². The lowest BCUT2D eigenvalue weighted by Crippen LogP contribution is -2.42. The van der Waals surface area contributed by atoms with Gasteiger partial charge in [-0.05, 0) is 37.8 Å². The second kappa shape index (κ2) is 18.9. The van der Waals surface area contributed by atoms with Gasteiger partial charge in [0.1, 0.15) is 25.8 Å². The van der Waals surface area contributed by atoms with Gasteiger partial charge < -0.3 is 14.9 Å². The van der Waals surface area contributed by atoms with Crippen LogP contribution in [0.25, 0.3) is 0 Å². The Labute approximate surface area is 211 Å². The maximum absolute atomic E-state index is 12.2. The molecule has 35 heavy (non-hydrogen) atoms. The van der Waals surface area contributed by atoms with Crippen molar-refractivity contribution in [1.29, 1.82) is 5.26 Å². The van der Waals surface area contributed by atoms with Gasteiger partial charge in [-0.2, -0.15) is 5.26 Å². The first-order valence-electron chi connectivity index (χ1n) is 11.1. The van der Waals surface area contributed by atoms with Gasteiger partial charge in [0.25, 0.3) is 5.91 Å². The monoisotopic (exact) mass is 507 g/mol. The number of anilines is 1. The fraction of sp³-hybridized carbons (Fsp3) is 0.458. The molecule has 10 nitrogen and oxygen atoms in total. The Bertz CT molecular complexity index is 905. The zero-order chi connectivity index (χ0) is 26.6. The molecule has 0 bridgehead atoms. The van der Waals surface area contributed by atoms with E-state index >= 15 is 0 Å². The molecule has 0 atom stereocenters. The van der Waals surface area contributed by atoms with Crippen LogP contribution in [0.15, 0.2) is 35.5 Å². The van der Waals surface area contributed by atoms with E-state index < -0.39 is 17.6 Å². The molecule has 0 radical (unpaired) electrons. The molecule has 2 N–H and O–H groups in total. The number of nitrogens with zero attached hydrogens (tertiary/aromatic N) is 3. The summed E-state index contributed by atoms with van der Waals surface area (Å²) < 4.78 is 5.57. The molecule has 0 aromatic heterocycles. The number of alkyl halides is 1. The zero-order valence-corrected chi connectivity index (χ0v) is 21.6. The number of benzene rings is 1. The first-order valence-corrected chi connectivity index (χ1v) is 11.6. The van der Waals surface area contributed by atoms with Gasteiger partial charge in [-0.15, -0.1) is 11.6 Å². The maximum atomic E-state index is 12.2. The Hall–Kier alpha value is -3.42. The molecule has 11 heteroatoms. The number of nitriles is 1. The fourth-order valence-corrected chi connectivity index (χ4v) is 2.92. The van der Waals surface area contributed by atoms with Crippen molar-refractivity contribution >= 4 is 40.8 Å². The van der Waals surface area contributed by atoms with E-state index in [0.29, 0.717) is 13.2 Å². The molecule has 0 heterocycles. The van der Waals surface area contributed by atoms with Crippen molar-refractivity contribution in [2.24, 2.45) is 5.16 Å². The van der Waals surface area contributed by atoms with Crippen LogP contribution in [-0.4, -0.2) is 56.4 Å². The summed E-state index contributed by atoms with van der Waals surface area (Å²) in [5, 5.41) is 15.8. The first kappa shape index (κ1) is 31.6. The Morgan fingerprint density at radius 1 is 1.20 bits per heavy atom. The van der Waals surface area contributed by atoms with Crippen LogP contribution in [0.2, 0.25) is 0 Å². The maximum Gasteiger partial charge on any atom is 0.321 e. The number of carbonyl (C=O) groups is 3. The second-order valence-corrected chi connectivity index (χ2v) is 6.97. The topological polar surface area (TPSA) is 133 Å². The summed E-state index contributed by atoms with van der Waals surface area (Å²) in [5.74, 6) is -1.08. The van der Waals surface area contributed by atoms with E-state index in [1.807, 2.05) is 30.5 Å². The summed E-state index contributed by atoms with van der Waals surface area (Å²) >= 11 is 5.77. The minimum Gasteiger partial charge on any atom is -0.398 e. The predicted molar refractivity (Wildman–Crippen MR) is 136 cm³/mol. The van der Waals surface area contributed by atoms with Crippen LogP contribution < -0.4 is 15.5 Å². The van der Waals surface area contributed by atoms with E-state index in [0.717, 1.165) is 29.7 Å². The summed E-state index contributed by atoms with van der Waals surface area (Å²) in [6, 6.07) is 6.93. The van der Waals surface area contributed by atoms with E-state index in [-0.39, 0.29) is 18.5 Å². The average Bonchev–Trinajstić information content (AvgIpc) is 2.86. The summed E-state index contributed by atoms with van der Waals surface area (Å²) in [7, 11) is 1.19. The number of hydrogen-bond acceptors (Lipinski definition) is 7. The number of carbonyl (C=O) groups excluding carboxylic acids is 3. The molecule has 1 rings (SSSR count). The molecular weight excluding hydrogens is 474 g/mol. The lowest BCUT2D eigenvalue weighted by molar-refractivity contribution is -0.117. The quantitative estimate of drug-likeness (QED) is 0.118. The van der Waals surface area contributed by atoms with Crippen molar-refractivity contribution in [1.82, 2.24) is 10.6 Å². The van der Waals surface area contributed by atoms with Gasteiger partial charge in [0.2, 0.25) is 11.6 Å². The van der Waals surface area contributed by atoms with Gasteiger partial charge in [-0.25, -0.2) is 4.79 Å². The van der Waals surface area contributed by atoms with Crippen LogP contribution in [-0.2, 0) is 32.0 Å². The van der Waals surface area contributed by atoms with E-state index in [9.17, 15) is 14.4 Å². The molecule has 1 aromatic carbocycles. The number of urea groups is 1. The molecule has 192 valence electrons. The first-order chi connectivity index (χ1) is 16.8. The van der Waals surface area contributed by atoms with Gasteiger partial charge in [0.05, 0.1) is 12.3 Å². The minimum absolute atomic E-state index is 0.0474. The SMILES string of the molecule is C/C=C\COCN(C(=O)CCl)c1c(CC)cccc1CC.CCNC(=O)NC(=O)C(C#N)=NOC. The zero-order valence-electron chi connectivity index (χ0n) is 20.9. The van der Waals surface area contributed by atoms with Crippen LogP contribution in [0.3, 0.4) is 0 Å². The lowest BCUT2D eigenvalue weighted by Gasteiger charge is -2.26. The number of halogens is 1. The normalized spacial score (nSPS) is 10.6. The van der Waals surface area contributed by atoms with E-state index in [2.05, 4.69) is 41.3 Å². The summed E-state index contributed by atoms with van der Waals surface area (Å²) in [4.78, 5) is 40.0. The standard InChI is InChI=1S/C17H24ClNO2.C7H10N4O3/c1-4-7-11-21-13-19(16(20)12-18)17-14(5-2)9-8-10-15(17)6-3;1-3-9-7(13)10-6(12)5(4-8)11-14-2/h4,7-10H,5-6,11-13H2,1-3H3;3H2,1-2H3,(H2,9,10,12,13)/b7-4-;. The minimum atomic E-state index is -0.903. The third-order valence-electron chi connectivity index (χ3n) is 4.39. The number of imide groups is 1. The molecule has 1 aromatic rings. The summed E-state index contributed by atoms with van der Waals surface area (Å²) in [6.07, 6.45) is 5.56. The highest BCUT2D eigenvalue weighted by Gasteiger charge is 2.20. The van der Waals surface area contributed by atoms with Crippen LogP contribution in [0, 0.1) is 11.3 Å². The van der Waals surface area contributed by atoms with Crippen LogP contribution in [0.5, 0.6) is 0 Å². The third-order valence-corrected chi connectivity index (χ3v) is 4.62. The highest BCUT2D eigenvalue weighted by Crippen LogP contribution is 2.27. The van der Waals surface area contributed by atoms with Gasteiger partial charge in [0.15, 0.2) is 0 Å². The molecule has 0 saturated heterocycles. The van der Waals surface area contributed by atoms with Crippen molar-refractivity contribution in [3.63, 3.8) is 0 Å². The highest BCUT2D eigenvalue weighted by molar-refractivity contribution is 6.46. The van der Waals surface area contributed by atoms with Crippen LogP contribution in [0.1, 0.15) is 38.8 Å².